The molecule has 0 aromatic rings. The Kier molecular flexibility index (Phi) is 2.92. The number of hydrogen-bond donors (Lipinski definition) is 0. The van der Waals surface area contributed by atoms with Crippen LogP contribution < -0.4 is 0 Å². The van der Waals surface area contributed by atoms with Crippen molar-refractivity contribution in [3.05, 3.63) is 0 Å². The van der Waals surface area contributed by atoms with Crippen molar-refractivity contribution in [1.82, 2.24) is 0 Å². The zero-order valence-corrected chi connectivity index (χ0v) is 7.63. The molecule has 0 bridgehead atoms. The Morgan fingerprint density at radius 3 is 2.27 bits per heavy atom. The highest BCUT2D eigenvalue weighted by atomic mass is 16.6. The summed E-state index contributed by atoms with van der Waals surface area (Å²) < 4.78 is 0. The predicted molar refractivity (Wildman–Crippen MR) is 46.6 cm³/mol. The van der Waals surface area contributed by atoms with Crippen LogP contribution >= 0.6 is 0 Å². The predicted octanol–water partition coefficient (Wildman–Crippen LogP) is 2.44. The second kappa shape index (κ2) is 3.74. The minimum absolute atomic E-state index is 0.785. The molecule has 0 aliphatic heterocycles. The lowest BCUT2D eigenvalue weighted by atomic mass is 9.82. The van der Waals surface area contributed by atoms with Crippen LogP contribution in [0.25, 0.3) is 0 Å². The first-order chi connectivity index (χ1) is 5.22. The van der Waals surface area contributed by atoms with E-state index < -0.39 is 0 Å². The van der Waals surface area contributed by atoms with Gasteiger partial charge in [0.15, 0.2) is 0 Å². The molecular weight excluding hydrogens is 138 g/mol. The fourth-order valence-corrected chi connectivity index (χ4v) is 1.94. The van der Waals surface area contributed by atoms with Gasteiger partial charge in [-0.2, -0.15) is 0 Å². The fourth-order valence-electron chi connectivity index (χ4n) is 1.94. The molecule has 2 unspecified atom stereocenters. The smallest absolute Gasteiger partial charge is 0.106 e. The molecule has 1 fully saturated rings. The van der Waals surface area contributed by atoms with Gasteiger partial charge in [0.1, 0.15) is 7.11 Å². The maximum absolute atomic E-state index is 4.77. The van der Waals surface area contributed by atoms with E-state index in [-0.39, 0.29) is 0 Å². The van der Waals surface area contributed by atoms with E-state index in [4.69, 9.17) is 4.84 Å². The van der Waals surface area contributed by atoms with Crippen LogP contribution in [0, 0.1) is 11.8 Å². The molecule has 0 heterocycles. The first-order valence-corrected chi connectivity index (χ1v) is 4.31. The molecule has 0 aromatic carbocycles. The van der Waals surface area contributed by atoms with Crippen LogP contribution in [0.15, 0.2) is 5.16 Å². The lowest BCUT2D eigenvalue weighted by molar-refractivity contribution is 0.208. The second-order valence-corrected chi connectivity index (χ2v) is 3.69. The van der Waals surface area contributed by atoms with Crippen LogP contribution in [-0.2, 0) is 4.84 Å². The monoisotopic (exact) mass is 155 g/mol. The van der Waals surface area contributed by atoms with Crippen LogP contribution in [0.4, 0.5) is 0 Å². The second-order valence-electron chi connectivity index (χ2n) is 3.69. The topological polar surface area (TPSA) is 21.6 Å². The molecule has 2 heteroatoms. The van der Waals surface area contributed by atoms with E-state index in [0.717, 1.165) is 24.7 Å². The van der Waals surface area contributed by atoms with Crippen molar-refractivity contribution >= 4 is 5.71 Å². The molecular formula is C9H17NO. The first kappa shape index (κ1) is 8.57. The van der Waals surface area contributed by atoms with E-state index in [1.165, 1.54) is 12.1 Å². The molecule has 1 aliphatic rings. The summed E-state index contributed by atoms with van der Waals surface area (Å²) in [6, 6.07) is 0. The molecule has 0 radical (unpaired) electrons. The Morgan fingerprint density at radius 2 is 1.82 bits per heavy atom. The lowest BCUT2D eigenvalue weighted by Gasteiger charge is -2.24. The Hall–Kier alpha value is -0.530. The van der Waals surface area contributed by atoms with Crippen molar-refractivity contribution in [1.29, 1.82) is 0 Å². The highest BCUT2D eigenvalue weighted by Gasteiger charge is 2.20. The third-order valence-corrected chi connectivity index (χ3v) is 2.19. The van der Waals surface area contributed by atoms with Crippen molar-refractivity contribution < 1.29 is 4.84 Å². The highest BCUT2D eigenvalue weighted by molar-refractivity contribution is 5.85. The van der Waals surface area contributed by atoms with E-state index in [2.05, 4.69) is 19.0 Å². The number of oxime groups is 1. The molecule has 11 heavy (non-hydrogen) atoms. The van der Waals surface area contributed by atoms with Crippen molar-refractivity contribution in [2.24, 2.45) is 17.0 Å². The number of nitrogens with zero attached hydrogens (tertiary/aromatic N) is 1. The zero-order valence-electron chi connectivity index (χ0n) is 7.63. The van der Waals surface area contributed by atoms with E-state index >= 15 is 0 Å². The standard InChI is InChI=1S/C9H17NO/c1-7-4-8(2)6-9(5-7)10-11-3/h7-8H,4-6H2,1-3H3. The van der Waals surface area contributed by atoms with Gasteiger partial charge in [-0.1, -0.05) is 19.0 Å². The quantitative estimate of drug-likeness (QED) is 0.533. The Bertz CT molecular complexity index is 142. The summed E-state index contributed by atoms with van der Waals surface area (Å²) in [7, 11) is 1.62. The fraction of sp³-hybridized carbons (Fsp3) is 0.889. The zero-order chi connectivity index (χ0) is 8.27. The Morgan fingerprint density at radius 1 is 1.27 bits per heavy atom. The molecule has 2 nitrogen and oxygen atoms in total. The normalized spacial score (nSPS) is 31.7. The van der Waals surface area contributed by atoms with Gasteiger partial charge in [-0.25, -0.2) is 0 Å². The lowest BCUT2D eigenvalue weighted by Crippen LogP contribution is -2.19. The van der Waals surface area contributed by atoms with Crippen LogP contribution in [-0.4, -0.2) is 12.8 Å². The molecule has 0 aromatic heterocycles. The average Bonchev–Trinajstić information content (AvgIpc) is 1.85. The maximum Gasteiger partial charge on any atom is 0.106 e. The molecule has 64 valence electrons. The summed E-state index contributed by atoms with van der Waals surface area (Å²) in [6.45, 7) is 4.56. The van der Waals surface area contributed by atoms with Gasteiger partial charge in [0.25, 0.3) is 0 Å². The van der Waals surface area contributed by atoms with Gasteiger partial charge >= 0.3 is 0 Å². The van der Waals surface area contributed by atoms with Crippen LogP contribution in [0.5, 0.6) is 0 Å². The van der Waals surface area contributed by atoms with Gasteiger partial charge in [-0.3, -0.25) is 0 Å². The molecule has 2 atom stereocenters. The summed E-state index contributed by atoms with van der Waals surface area (Å²) in [4.78, 5) is 4.77. The minimum Gasteiger partial charge on any atom is -0.399 e. The molecule has 1 saturated carbocycles. The van der Waals surface area contributed by atoms with Gasteiger partial charge < -0.3 is 4.84 Å². The van der Waals surface area contributed by atoms with Gasteiger partial charge in [0.2, 0.25) is 0 Å². The summed E-state index contributed by atoms with van der Waals surface area (Å²) in [6.07, 6.45) is 3.58. The van der Waals surface area contributed by atoms with E-state index in [1.54, 1.807) is 7.11 Å². The van der Waals surface area contributed by atoms with Crippen molar-refractivity contribution in [2.75, 3.05) is 7.11 Å². The molecule has 1 rings (SSSR count). The van der Waals surface area contributed by atoms with Gasteiger partial charge in [0, 0.05) is 0 Å². The van der Waals surface area contributed by atoms with Crippen molar-refractivity contribution in [3.63, 3.8) is 0 Å². The van der Waals surface area contributed by atoms with E-state index in [0.29, 0.717) is 0 Å². The largest absolute Gasteiger partial charge is 0.399 e. The maximum atomic E-state index is 4.77. The van der Waals surface area contributed by atoms with Crippen LogP contribution in [0.1, 0.15) is 33.1 Å². The summed E-state index contributed by atoms with van der Waals surface area (Å²) >= 11 is 0. The molecule has 0 saturated heterocycles. The molecule has 1 aliphatic carbocycles. The Balaban J connectivity index is 2.49. The van der Waals surface area contributed by atoms with Gasteiger partial charge in [0.05, 0.1) is 5.71 Å². The summed E-state index contributed by atoms with van der Waals surface area (Å²) in [5.74, 6) is 1.57. The van der Waals surface area contributed by atoms with E-state index in [1.807, 2.05) is 0 Å². The molecule has 0 N–H and O–H groups in total. The van der Waals surface area contributed by atoms with Crippen molar-refractivity contribution in [2.45, 2.75) is 33.1 Å². The number of hydrogen-bond acceptors (Lipinski definition) is 2. The summed E-state index contributed by atoms with van der Waals surface area (Å²) in [5, 5.41) is 4.00. The van der Waals surface area contributed by atoms with Crippen LogP contribution in [0.2, 0.25) is 0 Å². The van der Waals surface area contributed by atoms with Gasteiger partial charge in [-0.15, -0.1) is 0 Å². The summed E-state index contributed by atoms with van der Waals surface area (Å²) in [5.41, 5.74) is 1.23. The third-order valence-electron chi connectivity index (χ3n) is 2.19. The van der Waals surface area contributed by atoms with E-state index in [9.17, 15) is 0 Å². The molecule has 0 spiro atoms. The molecule has 0 amide bonds. The number of rotatable bonds is 1. The third kappa shape index (κ3) is 2.52. The van der Waals surface area contributed by atoms with Crippen LogP contribution in [0.3, 0.4) is 0 Å². The first-order valence-electron chi connectivity index (χ1n) is 4.31. The SMILES string of the molecule is CON=C1CC(C)CC(C)C1. The van der Waals surface area contributed by atoms with Gasteiger partial charge in [-0.05, 0) is 31.1 Å². The highest BCUT2D eigenvalue weighted by Crippen LogP contribution is 2.26. The Labute approximate surface area is 68.6 Å². The average molecular weight is 155 g/mol. The van der Waals surface area contributed by atoms with Crippen molar-refractivity contribution in [3.8, 4) is 0 Å². The minimum atomic E-state index is 0.785.